The Morgan fingerprint density at radius 2 is 2.10 bits per heavy atom. The maximum Gasteiger partial charge on any atom is 0.213 e. The summed E-state index contributed by atoms with van der Waals surface area (Å²) in [6.07, 6.45) is 0. The van der Waals surface area contributed by atoms with E-state index in [-0.39, 0.29) is 18.1 Å². The minimum absolute atomic E-state index is 0.0830. The number of nitrogens with zero attached hydrogens (tertiary/aromatic N) is 1. The van der Waals surface area contributed by atoms with E-state index in [1.807, 2.05) is 0 Å². The van der Waals surface area contributed by atoms with Crippen LogP contribution in [0.1, 0.15) is 23.0 Å². The molecule has 0 aliphatic rings. The van der Waals surface area contributed by atoms with Gasteiger partial charge >= 0.3 is 0 Å². The fourth-order valence-electron chi connectivity index (χ4n) is 1.64. The molecule has 0 unspecified atom stereocenters. The Balaban J connectivity index is 2.08. The molecule has 1 aromatic carbocycles. The number of carbonyl (C=O) groups excluding carboxylic acids is 1. The molecule has 0 spiro atoms. The van der Waals surface area contributed by atoms with Crippen LogP contribution in [0.2, 0.25) is 0 Å². The zero-order chi connectivity index (χ0) is 14.5. The summed E-state index contributed by atoms with van der Waals surface area (Å²) in [6.45, 7) is 1.50. The van der Waals surface area contributed by atoms with Gasteiger partial charge in [0.25, 0.3) is 0 Å². The van der Waals surface area contributed by atoms with Crippen molar-refractivity contribution >= 4 is 5.78 Å². The standard InChI is InChI=1S/C15H14FNO3/c1-10(18)11-6-7-14(13(16)8-11)20-9-12-4-3-5-15(17-12)19-2/h3-8H,9H2,1-2H3. The smallest absolute Gasteiger partial charge is 0.213 e. The summed E-state index contributed by atoms with van der Waals surface area (Å²) >= 11 is 0. The Morgan fingerprint density at radius 3 is 2.75 bits per heavy atom. The van der Waals surface area contributed by atoms with Crippen LogP contribution >= 0.6 is 0 Å². The van der Waals surface area contributed by atoms with Crippen molar-refractivity contribution < 1.29 is 18.7 Å². The van der Waals surface area contributed by atoms with Gasteiger partial charge in [-0.05, 0) is 31.2 Å². The lowest BCUT2D eigenvalue weighted by molar-refractivity contribution is 0.101. The molecule has 0 fully saturated rings. The van der Waals surface area contributed by atoms with E-state index in [0.717, 1.165) is 6.07 Å². The predicted molar refractivity (Wildman–Crippen MR) is 71.5 cm³/mol. The first-order valence-corrected chi connectivity index (χ1v) is 6.03. The van der Waals surface area contributed by atoms with Crippen molar-refractivity contribution in [1.29, 1.82) is 0 Å². The molecular weight excluding hydrogens is 261 g/mol. The van der Waals surface area contributed by atoms with E-state index in [4.69, 9.17) is 9.47 Å². The van der Waals surface area contributed by atoms with Gasteiger partial charge in [-0.2, -0.15) is 0 Å². The highest BCUT2D eigenvalue weighted by atomic mass is 19.1. The molecule has 0 bridgehead atoms. The van der Waals surface area contributed by atoms with Crippen LogP contribution in [0.4, 0.5) is 4.39 Å². The Kier molecular flexibility index (Phi) is 4.30. The molecule has 2 rings (SSSR count). The van der Waals surface area contributed by atoms with E-state index >= 15 is 0 Å². The number of rotatable bonds is 5. The van der Waals surface area contributed by atoms with Crippen LogP contribution in [0, 0.1) is 5.82 Å². The topological polar surface area (TPSA) is 48.4 Å². The van der Waals surface area contributed by atoms with E-state index in [1.54, 1.807) is 18.2 Å². The molecule has 0 aliphatic carbocycles. The van der Waals surface area contributed by atoms with Gasteiger partial charge in [-0.3, -0.25) is 4.79 Å². The van der Waals surface area contributed by atoms with E-state index in [2.05, 4.69) is 4.98 Å². The zero-order valence-electron chi connectivity index (χ0n) is 11.2. The van der Waals surface area contributed by atoms with Crippen LogP contribution in [0.5, 0.6) is 11.6 Å². The molecule has 0 amide bonds. The van der Waals surface area contributed by atoms with E-state index in [9.17, 15) is 9.18 Å². The van der Waals surface area contributed by atoms with Crippen LogP contribution in [0.15, 0.2) is 36.4 Å². The first-order chi connectivity index (χ1) is 9.60. The Bertz CT molecular complexity index is 628. The van der Waals surface area contributed by atoms with E-state index in [0.29, 0.717) is 17.1 Å². The highest BCUT2D eigenvalue weighted by Crippen LogP contribution is 2.20. The third-order valence-electron chi connectivity index (χ3n) is 2.70. The van der Waals surface area contributed by atoms with E-state index in [1.165, 1.54) is 26.2 Å². The fourth-order valence-corrected chi connectivity index (χ4v) is 1.64. The normalized spacial score (nSPS) is 10.2. The van der Waals surface area contributed by atoms with Crippen molar-refractivity contribution in [2.45, 2.75) is 13.5 Å². The van der Waals surface area contributed by atoms with Gasteiger partial charge < -0.3 is 9.47 Å². The monoisotopic (exact) mass is 275 g/mol. The zero-order valence-corrected chi connectivity index (χ0v) is 11.2. The molecule has 20 heavy (non-hydrogen) atoms. The summed E-state index contributed by atoms with van der Waals surface area (Å²) in [7, 11) is 1.52. The Labute approximate surface area is 116 Å². The molecule has 0 aliphatic heterocycles. The van der Waals surface area contributed by atoms with Crippen molar-refractivity contribution in [3.8, 4) is 11.6 Å². The van der Waals surface area contributed by atoms with Gasteiger partial charge in [0.15, 0.2) is 17.3 Å². The SMILES string of the molecule is COc1cccc(COc2ccc(C(C)=O)cc2F)n1. The number of pyridine rings is 1. The van der Waals surface area contributed by atoms with Gasteiger partial charge in [0.1, 0.15) is 6.61 Å². The highest BCUT2D eigenvalue weighted by molar-refractivity contribution is 5.94. The molecule has 0 radical (unpaired) electrons. The van der Waals surface area contributed by atoms with Gasteiger partial charge in [-0.1, -0.05) is 6.07 Å². The second-order valence-electron chi connectivity index (χ2n) is 4.16. The summed E-state index contributed by atoms with van der Waals surface area (Å²) in [5.74, 6) is -0.205. The summed E-state index contributed by atoms with van der Waals surface area (Å²) in [4.78, 5) is 15.3. The predicted octanol–water partition coefficient (Wildman–Crippen LogP) is 3.01. The Morgan fingerprint density at radius 1 is 1.30 bits per heavy atom. The molecule has 1 aromatic heterocycles. The van der Waals surface area contributed by atoms with Crippen LogP contribution in [-0.4, -0.2) is 17.9 Å². The molecule has 1 heterocycles. The quantitative estimate of drug-likeness (QED) is 0.787. The van der Waals surface area contributed by atoms with Crippen molar-refractivity contribution in [2.24, 2.45) is 0 Å². The second-order valence-corrected chi connectivity index (χ2v) is 4.16. The van der Waals surface area contributed by atoms with Crippen molar-refractivity contribution in [3.05, 3.63) is 53.5 Å². The van der Waals surface area contributed by atoms with Crippen molar-refractivity contribution in [2.75, 3.05) is 7.11 Å². The van der Waals surface area contributed by atoms with Crippen molar-refractivity contribution in [3.63, 3.8) is 0 Å². The largest absolute Gasteiger partial charge is 0.484 e. The second kappa shape index (κ2) is 6.14. The number of aromatic nitrogens is 1. The summed E-state index contributed by atoms with van der Waals surface area (Å²) in [6, 6.07) is 9.37. The number of benzene rings is 1. The molecule has 0 saturated heterocycles. The number of ether oxygens (including phenoxy) is 2. The minimum atomic E-state index is -0.569. The van der Waals surface area contributed by atoms with Crippen LogP contribution < -0.4 is 9.47 Å². The number of hydrogen-bond donors (Lipinski definition) is 0. The maximum absolute atomic E-state index is 13.7. The molecule has 104 valence electrons. The number of halogens is 1. The van der Waals surface area contributed by atoms with Gasteiger partial charge in [0, 0.05) is 11.6 Å². The van der Waals surface area contributed by atoms with Gasteiger partial charge in [0.2, 0.25) is 5.88 Å². The first-order valence-electron chi connectivity index (χ1n) is 6.03. The lowest BCUT2D eigenvalue weighted by Crippen LogP contribution is -2.02. The minimum Gasteiger partial charge on any atom is -0.484 e. The Hall–Kier alpha value is -2.43. The number of hydrogen-bond acceptors (Lipinski definition) is 4. The number of ketones is 1. The third-order valence-corrected chi connectivity index (χ3v) is 2.70. The average Bonchev–Trinajstić information content (AvgIpc) is 2.46. The number of carbonyl (C=O) groups is 1. The number of methoxy groups -OCH3 is 1. The molecule has 4 nitrogen and oxygen atoms in total. The van der Waals surface area contributed by atoms with Crippen LogP contribution in [-0.2, 0) is 6.61 Å². The summed E-state index contributed by atoms with van der Waals surface area (Å²) < 4.78 is 24.1. The lowest BCUT2D eigenvalue weighted by atomic mass is 10.1. The molecular formula is C15H14FNO3. The number of Topliss-reactive ketones (excluding diaryl/α,β-unsaturated/α-hetero) is 1. The average molecular weight is 275 g/mol. The molecule has 0 atom stereocenters. The van der Waals surface area contributed by atoms with Crippen LogP contribution in [0.25, 0.3) is 0 Å². The summed E-state index contributed by atoms with van der Waals surface area (Å²) in [5, 5.41) is 0. The lowest BCUT2D eigenvalue weighted by Gasteiger charge is -2.08. The van der Waals surface area contributed by atoms with Crippen molar-refractivity contribution in [1.82, 2.24) is 4.98 Å². The van der Waals surface area contributed by atoms with E-state index < -0.39 is 5.82 Å². The van der Waals surface area contributed by atoms with Gasteiger partial charge in [-0.15, -0.1) is 0 Å². The summed E-state index contributed by atoms with van der Waals surface area (Å²) in [5.41, 5.74) is 0.939. The van der Waals surface area contributed by atoms with Crippen LogP contribution in [0.3, 0.4) is 0 Å². The molecule has 0 N–H and O–H groups in total. The highest BCUT2D eigenvalue weighted by Gasteiger charge is 2.08. The third kappa shape index (κ3) is 3.32. The maximum atomic E-state index is 13.7. The molecule has 2 aromatic rings. The fraction of sp³-hybridized carbons (Fsp3) is 0.200. The molecule has 0 saturated carbocycles. The van der Waals surface area contributed by atoms with Gasteiger partial charge in [-0.25, -0.2) is 9.37 Å². The van der Waals surface area contributed by atoms with Gasteiger partial charge in [0.05, 0.1) is 12.8 Å². The first kappa shape index (κ1) is 14.0. The molecule has 5 heteroatoms.